The molecule has 0 saturated carbocycles. The van der Waals surface area contributed by atoms with Gasteiger partial charge in [-0.3, -0.25) is 15.0 Å². The highest BCUT2D eigenvalue weighted by atomic mass is 32.2. The van der Waals surface area contributed by atoms with E-state index in [0.717, 1.165) is 0 Å². The molecule has 1 heterocycles. The van der Waals surface area contributed by atoms with Gasteiger partial charge in [-0.15, -0.1) is 0 Å². The van der Waals surface area contributed by atoms with Crippen molar-refractivity contribution in [1.82, 2.24) is 14.5 Å². The first-order valence-corrected chi connectivity index (χ1v) is 16.8. The van der Waals surface area contributed by atoms with Crippen LogP contribution >= 0.6 is 12.2 Å². The molecule has 1 saturated heterocycles. The van der Waals surface area contributed by atoms with E-state index in [2.05, 4.69) is 53.6 Å². The summed E-state index contributed by atoms with van der Waals surface area (Å²) in [5, 5.41) is 5.73. The maximum atomic E-state index is 13.5. The van der Waals surface area contributed by atoms with Gasteiger partial charge in [-0.05, 0) is 71.7 Å². The van der Waals surface area contributed by atoms with Crippen LogP contribution in [-0.2, 0) is 10.0 Å². The number of ether oxygens (including phenoxy) is 1. The molecule has 1 fully saturated rings. The first-order chi connectivity index (χ1) is 21.7. The summed E-state index contributed by atoms with van der Waals surface area (Å²) in [4.78, 5) is 15.3. The molecule has 0 atom stereocenters. The highest BCUT2D eigenvalue weighted by Crippen LogP contribution is 2.30. The summed E-state index contributed by atoms with van der Waals surface area (Å²) in [6, 6.07) is 34.0. The summed E-state index contributed by atoms with van der Waals surface area (Å²) in [7, 11) is -3.69. The summed E-state index contributed by atoms with van der Waals surface area (Å²) in [5.74, 6) is 0.603. The van der Waals surface area contributed by atoms with E-state index < -0.39 is 10.0 Å². The Morgan fingerprint density at radius 1 is 0.822 bits per heavy atom. The predicted molar refractivity (Wildman–Crippen MR) is 182 cm³/mol. The molecular weight excluding hydrogens is 605 g/mol. The Balaban J connectivity index is 1.18. The van der Waals surface area contributed by atoms with Crippen molar-refractivity contribution in [2.75, 3.05) is 38.1 Å². The van der Waals surface area contributed by atoms with Crippen molar-refractivity contribution in [3.05, 3.63) is 126 Å². The van der Waals surface area contributed by atoms with Gasteiger partial charge in [-0.2, -0.15) is 4.31 Å². The molecule has 0 spiro atoms. The third-order valence-electron chi connectivity index (χ3n) is 7.53. The van der Waals surface area contributed by atoms with Crippen LogP contribution in [0.1, 0.15) is 41.4 Å². The zero-order valence-corrected chi connectivity index (χ0v) is 27.1. The van der Waals surface area contributed by atoms with Crippen molar-refractivity contribution in [3.8, 4) is 5.75 Å². The van der Waals surface area contributed by atoms with Crippen LogP contribution in [0.4, 0.5) is 5.69 Å². The predicted octanol–water partition coefficient (Wildman–Crippen LogP) is 5.94. The zero-order valence-electron chi connectivity index (χ0n) is 25.4. The van der Waals surface area contributed by atoms with E-state index in [1.165, 1.54) is 11.1 Å². The first kappa shape index (κ1) is 32.3. The molecule has 5 rings (SSSR count). The Bertz CT molecular complexity index is 1650. The molecule has 4 aromatic carbocycles. The third kappa shape index (κ3) is 8.34. The number of carbonyl (C=O) groups is 1. The molecular formula is C35H38N4O4S2. The van der Waals surface area contributed by atoms with Crippen LogP contribution in [0.5, 0.6) is 5.75 Å². The SMILES string of the molecule is CC(C)COc1cccc(C(=O)NC(=S)Nc2ccc(S(=O)(=O)N3CCN(C(c4ccccc4)c4ccccc4)CC3)cc2)c1. The highest BCUT2D eigenvalue weighted by Gasteiger charge is 2.32. The van der Waals surface area contributed by atoms with Crippen LogP contribution in [0, 0.1) is 5.92 Å². The van der Waals surface area contributed by atoms with E-state index >= 15 is 0 Å². The van der Waals surface area contributed by atoms with Gasteiger partial charge in [0.2, 0.25) is 10.0 Å². The summed E-state index contributed by atoms with van der Waals surface area (Å²) < 4.78 is 34.3. The van der Waals surface area contributed by atoms with Gasteiger partial charge in [0.05, 0.1) is 17.5 Å². The number of nitrogens with zero attached hydrogens (tertiary/aromatic N) is 2. The lowest BCUT2D eigenvalue weighted by Crippen LogP contribution is -2.49. The number of nitrogens with one attached hydrogen (secondary N) is 2. The topological polar surface area (TPSA) is 91.0 Å². The molecule has 0 radical (unpaired) electrons. The summed E-state index contributed by atoms with van der Waals surface area (Å²) in [6.07, 6.45) is 0. The number of benzene rings is 4. The molecule has 4 aromatic rings. The summed E-state index contributed by atoms with van der Waals surface area (Å²) >= 11 is 5.34. The number of piperazine rings is 1. The average Bonchev–Trinajstić information content (AvgIpc) is 3.05. The lowest BCUT2D eigenvalue weighted by molar-refractivity contribution is 0.0977. The van der Waals surface area contributed by atoms with Crippen LogP contribution in [0.3, 0.4) is 0 Å². The minimum absolute atomic E-state index is 0.0501. The molecule has 1 aliphatic heterocycles. The summed E-state index contributed by atoms with van der Waals surface area (Å²) in [6.45, 7) is 6.64. The van der Waals surface area contributed by atoms with Gasteiger partial charge in [0, 0.05) is 37.4 Å². The fourth-order valence-corrected chi connectivity index (χ4v) is 6.91. The summed E-state index contributed by atoms with van der Waals surface area (Å²) in [5.41, 5.74) is 3.34. The van der Waals surface area contributed by atoms with E-state index in [0.29, 0.717) is 55.7 Å². The van der Waals surface area contributed by atoms with E-state index in [1.54, 1.807) is 52.8 Å². The van der Waals surface area contributed by atoms with Crippen molar-refractivity contribution in [2.24, 2.45) is 5.92 Å². The minimum atomic E-state index is -3.69. The monoisotopic (exact) mass is 642 g/mol. The number of hydrogen-bond acceptors (Lipinski definition) is 6. The molecule has 0 aliphatic carbocycles. The maximum absolute atomic E-state index is 13.5. The Kier molecular flexibility index (Phi) is 10.6. The average molecular weight is 643 g/mol. The van der Waals surface area contributed by atoms with Crippen molar-refractivity contribution in [1.29, 1.82) is 0 Å². The third-order valence-corrected chi connectivity index (χ3v) is 9.64. The van der Waals surface area contributed by atoms with Crippen LogP contribution in [0.15, 0.2) is 114 Å². The molecule has 0 unspecified atom stereocenters. The number of thiocarbonyl (C=S) groups is 1. The maximum Gasteiger partial charge on any atom is 0.257 e. The molecule has 234 valence electrons. The number of carbonyl (C=O) groups excluding carboxylic acids is 1. The fraction of sp³-hybridized carbons (Fsp3) is 0.257. The smallest absolute Gasteiger partial charge is 0.257 e. The van der Waals surface area contributed by atoms with Crippen molar-refractivity contribution >= 4 is 38.9 Å². The molecule has 2 N–H and O–H groups in total. The Hall–Kier alpha value is -4.09. The van der Waals surface area contributed by atoms with Crippen LogP contribution in [0.2, 0.25) is 0 Å². The van der Waals surface area contributed by atoms with E-state index in [4.69, 9.17) is 17.0 Å². The first-order valence-electron chi connectivity index (χ1n) is 15.0. The molecule has 8 nitrogen and oxygen atoms in total. The quantitative estimate of drug-likeness (QED) is 0.207. The fourth-order valence-electron chi connectivity index (χ4n) is 5.27. The van der Waals surface area contributed by atoms with E-state index in [1.807, 2.05) is 36.4 Å². The normalized spacial score (nSPS) is 14.3. The Morgan fingerprint density at radius 2 is 1.42 bits per heavy atom. The van der Waals surface area contributed by atoms with Crippen LogP contribution in [-0.4, -0.2) is 61.4 Å². The molecule has 45 heavy (non-hydrogen) atoms. The number of rotatable bonds is 10. The Labute approximate surface area is 271 Å². The highest BCUT2D eigenvalue weighted by molar-refractivity contribution is 7.89. The number of hydrogen-bond donors (Lipinski definition) is 2. The Morgan fingerprint density at radius 3 is 2.00 bits per heavy atom. The molecule has 10 heteroatoms. The van der Waals surface area contributed by atoms with Crippen molar-refractivity contribution in [2.45, 2.75) is 24.8 Å². The number of amides is 1. The second kappa shape index (κ2) is 14.8. The van der Waals surface area contributed by atoms with Crippen LogP contribution < -0.4 is 15.4 Å². The number of sulfonamides is 1. The second-order valence-electron chi connectivity index (χ2n) is 11.3. The van der Waals surface area contributed by atoms with Crippen molar-refractivity contribution in [3.63, 3.8) is 0 Å². The lowest BCUT2D eigenvalue weighted by Gasteiger charge is -2.39. The van der Waals surface area contributed by atoms with Gasteiger partial charge in [0.15, 0.2) is 5.11 Å². The van der Waals surface area contributed by atoms with Gasteiger partial charge >= 0.3 is 0 Å². The van der Waals surface area contributed by atoms with Gasteiger partial charge < -0.3 is 10.1 Å². The van der Waals surface area contributed by atoms with Gasteiger partial charge in [0.1, 0.15) is 5.75 Å². The number of anilines is 1. The second-order valence-corrected chi connectivity index (χ2v) is 13.7. The molecule has 1 aliphatic rings. The molecule has 1 amide bonds. The van der Waals surface area contributed by atoms with Gasteiger partial charge in [-0.25, -0.2) is 8.42 Å². The van der Waals surface area contributed by atoms with E-state index in [-0.39, 0.29) is 22.0 Å². The molecule has 0 aromatic heterocycles. The van der Waals surface area contributed by atoms with E-state index in [9.17, 15) is 13.2 Å². The van der Waals surface area contributed by atoms with Gasteiger partial charge in [-0.1, -0.05) is 80.6 Å². The standard InChI is InChI=1S/C35H38N4O4S2/c1-26(2)25-43-31-15-9-14-29(24-31)34(40)37-35(44)36-30-16-18-32(19-17-30)45(41,42)39-22-20-38(21-23-39)33(27-10-5-3-6-11-27)28-12-7-4-8-13-28/h3-19,24,26,33H,20-23,25H2,1-2H3,(H2,36,37,40,44). The zero-order chi connectivity index (χ0) is 31.8. The lowest BCUT2D eigenvalue weighted by atomic mass is 9.96. The largest absolute Gasteiger partial charge is 0.493 e. The van der Waals surface area contributed by atoms with Crippen LogP contribution in [0.25, 0.3) is 0 Å². The van der Waals surface area contributed by atoms with Gasteiger partial charge in [0.25, 0.3) is 5.91 Å². The van der Waals surface area contributed by atoms with Crippen molar-refractivity contribution < 1.29 is 17.9 Å². The minimum Gasteiger partial charge on any atom is -0.493 e. The molecule has 0 bridgehead atoms.